The molecule has 0 radical (unpaired) electrons. The van der Waals surface area contributed by atoms with Crippen molar-refractivity contribution in [2.24, 2.45) is 0 Å². The molecule has 0 spiro atoms. The van der Waals surface area contributed by atoms with E-state index in [-0.39, 0.29) is 12.3 Å². The van der Waals surface area contributed by atoms with E-state index in [9.17, 15) is 115 Å². The van der Waals surface area contributed by atoms with Gasteiger partial charge >= 0.3 is 55.4 Å². The van der Waals surface area contributed by atoms with Gasteiger partial charge in [-0.05, 0) is 35.7 Å². The van der Waals surface area contributed by atoms with E-state index in [2.05, 4.69) is 0 Å². The lowest BCUT2D eigenvalue weighted by molar-refractivity contribution is -0.709. The number of hydrogen-bond donors (Lipinski definition) is 0. The van der Waals surface area contributed by atoms with Crippen LogP contribution in [-0.4, -0.2) is 11.9 Å². The average molecular weight is 1130 g/mol. The fourth-order valence-corrected chi connectivity index (χ4v) is 8.26. The second kappa shape index (κ2) is 20.3. The van der Waals surface area contributed by atoms with Crippen LogP contribution in [0.15, 0.2) is 140 Å². The van der Waals surface area contributed by atoms with Crippen molar-refractivity contribution in [1.29, 1.82) is 0 Å². The highest BCUT2D eigenvalue weighted by Crippen LogP contribution is 2.41. The van der Waals surface area contributed by atoms with Crippen LogP contribution < -0.4 is 26.4 Å². The van der Waals surface area contributed by atoms with Crippen molar-refractivity contribution < 1.29 is 119 Å². The smallest absolute Gasteiger partial charge is 0.287 e. The van der Waals surface area contributed by atoms with Crippen molar-refractivity contribution in [3.05, 3.63) is 196 Å². The maximum atomic E-state index is 14.2. The van der Waals surface area contributed by atoms with E-state index in [1.54, 1.807) is 30.5 Å². The molecule has 1 heterocycles. The van der Waals surface area contributed by atoms with Crippen molar-refractivity contribution in [2.75, 3.05) is 0 Å². The second-order valence-electron chi connectivity index (χ2n) is 16.9. The van der Waals surface area contributed by atoms with Gasteiger partial charge in [0.2, 0.25) is 12.3 Å². The lowest BCUT2D eigenvalue weighted by atomic mass is 9.12. The van der Waals surface area contributed by atoms with E-state index >= 15 is 0 Å². The Kier molecular flexibility index (Phi) is 15.5. The van der Waals surface area contributed by atoms with Gasteiger partial charge in [-0.25, -0.2) is 0 Å². The van der Waals surface area contributed by atoms with Crippen LogP contribution in [0, 0.1) is 5.95 Å². The summed E-state index contributed by atoms with van der Waals surface area (Å²) in [6.45, 7) is 0.000676. The van der Waals surface area contributed by atoms with Gasteiger partial charge in [0.25, 0.3) is 0 Å². The molecule has 28 heteroatoms. The summed E-state index contributed by atoms with van der Waals surface area (Å²) in [5.41, 5.74) is -29.6. The highest BCUT2D eigenvalue weighted by molar-refractivity contribution is 7.20. The third-order valence-corrected chi connectivity index (χ3v) is 11.7. The molecule has 410 valence electrons. The van der Waals surface area contributed by atoms with Crippen molar-refractivity contribution in [3.63, 3.8) is 0 Å². The Bertz CT molecular complexity index is 2870. The van der Waals surface area contributed by atoms with Gasteiger partial charge in [-0.3, -0.25) is 4.79 Å². The molecule has 0 aliphatic rings. The highest BCUT2D eigenvalue weighted by atomic mass is 19.4. The minimum Gasteiger partial charge on any atom is -0.287 e. The van der Waals surface area contributed by atoms with Gasteiger partial charge in [0, 0.05) is 17.0 Å². The Morgan fingerprint density at radius 2 is 0.584 bits per heavy atom. The summed E-state index contributed by atoms with van der Waals surface area (Å²) >= 11 is 0. The molecule has 0 saturated heterocycles. The van der Waals surface area contributed by atoms with E-state index in [1.807, 2.05) is 30.3 Å². The molecule has 0 atom stereocenters. The van der Waals surface area contributed by atoms with Gasteiger partial charge in [-0.2, -0.15) is 132 Å². The molecular formula is C49H25BF25NO. The first kappa shape index (κ1) is 59.0. The number of fused-ring (bicyclic) bond motifs is 1. The number of alkyl halides is 24. The number of rotatable bonds is 7. The number of hydrogen-bond acceptors (Lipinski definition) is 1. The molecule has 0 bridgehead atoms. The molecule has 0 saturated carbocycles. The molecule has 0 fully saturated rings. The molecule has 6 aromatic carbocycles. The van der Waals surface area contributed by atoms with Crippen molar-refractivity contribution in [1.82, 2.24) is 0 Å². The van der Waals surface area contributed by atoms with Crippen molar-refractivity contribution >= 4 is 44.6 Å². The summed E-state index contributed by atoms with van der Waals surface area (Å²) in [7, 11) is 0. The van der Waals surface area contributed by atoms with E-state index in [0.29, 0.717) is 5.56 Å². The maximum absolute atomic E-state index is 14.2. The molecule has 77 heavy (non-hydrogen) atoms. The fraction of sp³-hybridized carbons (Fsp3) is 0.184. The van der Waals surface area contributed by atoms with Crippen molar-refractivity contribution in [3.8, 4) is 0 Å². The van der Waals surface area contributed by atoms with Crippen LogP contribution in [0.4, 0.5) is 110 Å². The molecule has 0 aliphatic carbocycles. The molecule has 0 aliphatic heterocycles. The Hall–Kier alpha value is -7.29. The number of benzene rings is 6. The van der Waals surface area contributed by atoms with Gasteiger partial charge in [0.05, 0.1) is 44.5 Å². The third-order valence-electron chi connectivity index (χ3n) is 11.7. The summed E-state index contributed by atoms with van der Waals surface area (Å²) in [6.07, 6.45) is -53.1. The first-order chi connectivity index (χ1) is 35.0. The van der Waals surface area contributed by atoms with Gasteiger partial charge in [-0.1, -0.05) is 97.1 Å². The predicted molar refractivity (Wildman–Crippen MR) is 225 cm³/mol. The zero-order valence-corrected chi connectivity index (χ0v) is 37.4. The topological polar surface area (TPSA) is 20.9 Å². The molecule has 7 rings (SSSR count). The lowest BCUT2D eigenvalue weighted by Gasteiger charge is -2.46. The standard InChI is InChI=1S/C32H12BF24.C17H13FNO/c34-25(35,36)13-1-14(26(37,38)39)6-21(5-13)33(22-7-15(27(40,41)42)2-16(8-22)28(43,44)45,23-9-17(29(46,47)48)3-18(10-23)30(49,50)51)24-11-19(31(52,53)54)4-20(12-24)32(55,56)57;18-17-10-14-8-4-5-9-15(14)11-19(17)12-16(20)13-6-2-1-3-7-13/h1-12H;1-11H,12H2/q-1;+1. The number of carbonyl (C=O) groups excluding carboxylic acids is 1. The Morgan fingerprint density at radius 3 is 0.844 bits per heavy atom. The Morgan fingerprint density at radius 1 is 0.338 bits per heavy atom. The van der Waals surface area contributed by atoms with Crippen LogP contribution in [0.5, 0.6) is 0 Å². The van der Waals surface area contributed by atoms with Crippen LogP contribution in [0.25, 0.3) is 10.8 Å². The zero-order chi connectivity index (χ0) is 57.9. The normalized spacial score (nSPS) is 13.4. The molecule has 7 aromatic rings. The first-order valence-electron chi connectivity index (χ1n) is 21.0. The quantitative estimate of drug-likeness (QED) is 0.0512. The summed E-state index contributed by atoms with van der Waals surface area (Å²) < 4.78 is 356. The number of ketones is 1. The Labute approximate surface area is 414 Å². The number of nitrogens with zero attached hydrogens (tertiary/aromatic N) is 1. The van der Waals surface area contributed by atoms with Gasteiger partial charge in [0.15, 0.2) is 6.20 Å². The summed E-state index contributed by atoms with van der Waals surface area (Å²) in [6, 6.07) is 9.07. The molecule has 0 amide bonds. The lowest BCUT2D eigenvalue weighted by Crippen LogP contribution is -2.75. The molecule has 2 nitrogen and oxygen atoms in total. The van der Waals surface area contributed by atoms with Crippen LogP contribution >= 0.6 is 0 Å². The predicted octanol–water partition coefficient (Wildman–Crippen LogP) is 14.4. The van der Waals surface area contributed by atoms with Crippen LogP contribution in [-0.2, 0) is 56.0 Å². The molecule has 1 aromatic heterocycles. The Balaban J connectivity index is 0.000000397. The van der Waals surface area contributed by atoms with Gasteiger partial charge in [0.1, 0.15) is 6.15 Å². The summed E-state index contributed by atoms with van der Waals surface area (Å²) in [5.74, 6) is -0.516. The molecule has 0 N–H and O–H groups in total. The molecule has 0 unspecified atom stereocenters. The summed E-state index contributed by atoms with van der Waals surface area (Å²) in [5, 5.41) is 1.74. The number of carbonyl (C=O) groups is 1. The fourth-order valence-electron chi connectivity index (χ4n) is 8.26. The number of pyridine rings is 1. The van der Waals surface area contributed by atoms with Crippen molar-refractivity contribution in [2.45, 2.75) is 56.0 Å². The maximum Gasteiger partial charge on any atom is 0.416 e. The van der Waals surface area contributed by atoms with Crippen LogP contribution in [0.1, 0.15) is 54.9 Å². The first-order valence-corrected chi connectivity index (χ1v) is 21.0. The average Bonchev–Trinajstić information content (AvgIpc) is 3.30. The van der Waals surface area contributed by atoms with E-state index < -0.39 is 201 Å². The van der Waals surface area contributed by atoms with Crippen LogP contribution in [0.3, 0.4) is 0 Å². The van der Waals surface area contributed by atoms with Gasteiger partial charge in [-0.15, -0.1) is 4.39 Å². The molecular weight excluding hydrogens is 1100 g/mol. The third kappa shape index (κ3) is 13.3. The van der Waals surface area contributed by atoms with Crippen LogP contribution in [0.2, 0.25) is 0 Å². The SMILES string of the molecule is FC(F)(F)c1cc([B-](c2cc(C(F)(F)F)cc(C(F)(F)F)c2)(c2cc(C(F)(F)F)cc(C(F)(F)F)c2)c2cc(C(F)(F)F)cc(C(F)(F)F)c2)cc(C(F)(F)F)c1.O=C(C[n+]1cc2ccccc2cc1F)c1ccccc1. The largest absolute Gasteiger partial charge is 0.416 e. The van der Waals surface area contributed by atoms with E-state index in [4.69, 9.17) is 0 Å². The summed E-state index contributed by atoms with van der Waals surface area (Å²) in [4.78, 5) is 12.1. The minimum absolute atomic E-state index is 0.000676. The number of Topliss-reactive ketones (excluding diaryl/α,β-unsaturated/α-hetero) is 1. The monoisotopic (exact) mass is 1130 g/mol. The highest BCUT2D eigenvalue weighted by Gasteiger charge is 2.47. The second-order valence-corrected chi connectivity index (χ2v) is 16.9. The number of aromatic nitrogens is 1. The minimum atomic E-state index is -6.13. The zero-order valence-electron chi connectivity index (χ0n) is 37.4. The van der Waals surface area contributed by atoms with Gasteiger partial charge < -0.3 is 0 Å². The van der Waals surface area contributed by atoms with E-state index in [1.165, 1.54) is 10.6 Å². The number of halogens is 25. The van der Waals surface area contributed by atoms with E-state index in [0.717, 1.165) is 10.8 Å².